The van der Waals surface area contributed by atoms with Crippen LogP contribution in [0, 0.1) is 0 Å². The maximum Gasteiger partial charge on any atom is 0.338 e. The third kappa shape index (κ3) is 4.38. The van der Waals surface area contributed by atoms with Gasteiger partial charge in [-0.05, 0) is 42.1 Å². The number of carbonyl (C=O) groups excluding carboxylic acids is 1. The van der Waals surface area contributed by atoms with Gasteiger partial charge in [-0.25, -0.2) is 9.79 Å². The number of aromatic nitrogens is 1. The van der Waals surface area contributed by atoms with Crippen molar-refractivity contribution in [3.63, 3.8) is 0 Å². The highest BCUT2D eigenvalue weighted by Gasteiger charge is 2.35. The molecule has 1 aliphatic rings. The van der Waals surface area contributed by atoms with Crippen LogP contribution >= 0.6 is 22.7 Å². The largest absolute Gasteiger partial charge is 0.497 e. The Morgan fingerprint density at radius 1 is 1.09 bits per heavy atom. The number of esters is 1. The van der Waals surface area contributed by atoms with Gasteiger partial charge in [0.2, 0.25) is 0 Å². The molecular weight excluding hydrogens is 480 g/mol. The van der Waals surface area contributed by atoms with Crippen LogP contribution in [0.4, 0.5) is 0 Å². The van der Waals surface area contributed by atoms with Gasteiger partial charge in [0, 0.05) is 10.4 Å². The molecule has 4 aromatic rings. The molecule has 2 aromatic heterocycles. The lowest BCUT2D eigenvalue weighted by Gasteiger charge is -2.26. The predicted octanol–water partition coefficient (Wildman–Crippen LogP) is 4.01. The molecule has 0 aliphatic carbocycles. The van der Waals surface area contributed by atoms with Crippen molar-refractivity contribution in [1.29, 1.82) is 0 Å². The average Bonchev–Trinajstić information content (AvgIpc) is 3.51. The number of hydrogen-bond acceptors (Lipinski definition) is 7. The van der Waals surface area contributed by atoms with Gasteiger partial charge in [0.25, 0.3) is 5.56 Å². The standard InChI is InChI=1S/C27H22N2O4S2/c1-3-33-26(31)22-23(17-8-5-4-6-9-17)28-27-29(24(22)18-11-13-19(32-2)14-12-18)25(30)21(35-27)16-20-10-7-15-34-20/h4-16,24H,3H2,1-2H3/b21-16+. The van der Waals surface area contributed by atoms with Crippen molar-refractivity contribution >= 4 is 40.4 Å². The van der Waals surface area contributed by atoms with Crippen molar-refractivity contribution in [3.8, 4) is 5.75 Å². The molecule has 0 spiro atoms. The first-order chi connectivity index (χ1) is 17.1. The molecule has 5 rings (SSSR count). The van der Waals surface area contributed by atoms with Crippen LogP contribution in [0.15, 0.2) is 87.5 Å². The lowest BCUT2D eigenvalue weighted by atomic mass is 9.93. The molecule has 1 unspecified atom stereocenters. The highest BCUT2D eigenvalue weighted by atomic mass is 32.1. The van der Waals surface area contributed by atoms with E-state index in [9.17, 15) is 9.59 Å². The third-order valence-electron chi connectivity index (χ3n) is 5.62. The van der Waals surface area contributed by atoms with Gasteiger partial charge in [0.15, 0.2) is 4.80 Å². The Hall–Kier alpha value is -3.75. The number of methoxy groups -OCH3 is 1. The Morgan fingerprint density at radius 2 is 1.86 bits per heavy atom. The minimum atomic E-state index is -0.697. The van der Waals surface area contributed by atoms with Gasteiger partial charge in [-0.3, -0.25) is 9.36 Å². The number of carbonyl (C=O) groups is 1. The van der Waals surface area contributed by atoms with E-state index in [2.05, 4.69) is 0 Å². The van der Waals surface area contributed by atoms with Crippen LogP contribution in [-0.4, -0.2) is 24.3 Å². The number of ether oxygens (including phenoxy) is 2. The van der Waals surface area contributed by atoms with E-state index < -0.39 is 12.0 Å². The molecule has 0 saturated carbocycles. The number of hydrogen-bond donors (Lipinski definition) is 0. The van der Waals surface area contributed by atoms with Crippen LogP contribution in [0.1, 0.15) is 29.0 Å². The number of benzene rings is 2. The van der Waals surface area contributed by atoms with E-state index in [1.165, 1.54) is 11.3 Å². The van der Waals surface area contributed by atoms with Crippen molar-refractivity contribution in [2.75, 3.05) is 13.7 Å². The summed E-state index contributed by atoms with van der Waals surface area (Å²) in [5, 5.41) is 1.97. The first kappa shape index (κ1) is 23.0. The number of rotatable bonds is 6. The molecule has 0 N–H and O–H groups in total. The van der Waals surface area contributed by atoms with Gasteiger partial charge in [-0.2, -0.15) is 0 Å². The molecule has 0 fully saturated rings. The predicted molar refractivity (Wildman–Crippen MR) is 138 cm³/mol. The van der Waals surface area contributed by atoms with Crippen LogP contribution in [-0.2, 0) is 9.53 Å². The zero-order valence-corrected chi connectivity index (χ0v) is 20.8. The summed E-state index contributed by atoms with van der Waals surface area (Å²) in [5.74, 6) is 0.187. The molecule has 0 radical (unpaired) electrons. The van der Waals surface area contributed by atoms with Gasteiger partial charge < -0.3 is 9.47 Å². The van der Waals surface area contributed by atoms with E-state index >= 15 is 0 Å². The van der Waals surface area contributed by atoms with E-state index in [4.69, 9.17) is 14.5 Å². The molecule has 8 heteroatoms. The van der Waals surface area contributed by atoms with E-state index in [1.54, 1.807) is 29.9 Å². The van der Waals surface area contributed by atoms with Crippen LogP contribution in [0.25, 0.3) is 11.8 Å². The zero-order valence-electron chi connectivity index (χ0n) is 19.1. The van der Waals surface area contributed by atoms with Crippen molar-refractivity contribution in [2.24, 2.45) is 4.99 Å². The fourth-order valence-corrected chi connectivity index (χ4v) is 5.77. The molecule has 3 heterocycles. The van der Waals surface area contributed by atoms with Gasteiger partial charge in [-0.15, -0.1) is 11.3 Å². The molecule has 1 aliphatic heterocycles. The molecule has 0 saturated heterocycles. The molecule has 176 valence electrons. The third-order valence-corrected chi connectivity index (χ3v) is 7.42. The van der Waals surface area contributed by atoms with E-state index in [0.29, 0.717) is 26.4 Å². The second-order valence-electron chi connectivity index (χ2n) is 7.72. The normalized spacial score (nSPS) is 15.5. The average molecular weight is 503 g/mol. The second-order valence-corrected chi connectivity index (χ2v) is 9.71. The Labute approximate surface area is 209 Å². The monoisotopic (exact) mass is 502 g/mol. The maximum absolute atomic E-state index is 13.7. The lowest BCUT2D eigenvalue weighted by Crippen LogP contribution is -2.39. The molecule has 0 bridgehead atoms. The van der Waals surface area contributed by atoms with E-state index in [0.717, 1.165) is 16.0 Å². The number of thiazole rings is 1. The minimum Gasteiger partial charge on any atom is -0.497 e. The fraction of sp³-hybridized carbons (Fsp3) is 0.148. The van der Waals surface area contributed by atoms with Gasteiger partial charge >= 0.3 is 5.97 Å². The van der Waals surface area contributed by atoms with Crippen LogP contribution in [0.2, 0.25) is 0 Å². The van der Waals surface area contributed by atoms with Gasteiger partial charge in [0.05, 0.1) is 35.6 Å². The quantitative estimate of drug-likeness (QED) is 0.374. The summed E-state index contributed by atoms with van der Waals surface area (Å²) in [6, 6.07) is 20.1. The van der Waals surface area contributed by atoms with Crippen LogP contribution < -0.4 is 19.6 Å². The molecule has 1 atom stereocenters. The first-order valence-electron chi connectivity index (χ1n) is 11.1. The lowest BCUT2D eigenvalue weighted by molar-refractivity contribution is -0.138. The Balaban J connectivity index is 1.83. The summed E-state index contributed by atoms with van der Waals surface area (Å²) in [4.78, 5) is 33.4. The number of nitrogens with zero attached hydrogens (tertiary/aromatic N) is 2. The summed E-state index contributed by atoms with van der Waals surface area (Å²) >= 11 is 2.87. The SMILES string of the molecule is CCOC(=O)C1=C(c2ccccc2)N=c2s/c(=C/c3cccs3)c(=O)n2C1c1ccc(OC)cc1. The molecule has 6 nitrogen and oxygen atoms in total. The van der Waals surface area contributed by atoms with Crippen molar-refractivity contribution < 1.29 is 14.3 Å². The molecule has 2 aromatic carbocycles. The van der Waals surface area contributed by atoms with E-state index in [1.807, 2.05) is 78.2 Å². The van der Waals surface area contributed by atoms with Gasteiger partial charge in [-0.1, -0.05) is 59.9 Å². The van der Waals surface area contributed by atoms with Crippen molar-refractivity contribution in [2.45, 2.75) is 13.0 Å². The molecule has 35 heavy (non-hydrogen) atoms. The van der Waals surface area contributed by atoms with Crippen LogP contribution in [0.5, 0.6) is 5.75 Å². The van der Waals surface area contributed by atoms with Crippen molar-refractivity contribution in [3.05, 3.63) is 113 Å². The first-order valence-corrected chi connectivity index (χ1v) is 12.8. The second kappa shape index (κ2) is 9.85. The summed E-state index contributed by atoms with van der Waals surface area (Å²) < 4.78 is 13.0. The van der Waals surface area contributed by atoms with Gasteiger partial charge in [0.1, 0.15) is 5.75 Å². The van der Waals surface area contributed by atoms with Crippen molar-refractivity contribution in [1.82, 2.24) is 4.57 Å². The Bertz CT molecular complexity index is 1560. The topological polar surface area (TPSA) is 69.9 Å². The summed E-state index contributed by atoms with van der Waals surface area (Å²) in [6.07, 6.45) is 1.87. The summed E-state index contributed by atoms with van der Waals surface area (Å²) in [5.41, 5.74) is 2.19. The fourth-order valence-electron chi connectivity index (χ4n) is 4.04. The Kier molecular flexibility index (Phi) is 6.48. The van der Waals surface area contributed by atoms with Crippen LogP contribution in [0.3, 0.4) is 0 Å². The van der Waals surface area contributed by atoms with E-state index in [-0.39, 0.29) is 12.2 Å². The minimum absolute atomic E-state index is 0.197. The maximum atomic E-state index is 13.7. The highest BCUT2D eigenvalue weighted by molar-refractivity contribution is 7.11. The smallest absolute Gasteiger partial charge is 0.338 e. The Morgan fingerprint density at radius 3 is 2.51 bits per heavy atom. The highest BCUT2D eigenvalue weighted by Crippen LogP contribution is 2.35. The number of fused-ring (bicyclic) bond motifs is 1. The summed E-state index contributed by atoms with van der Waals surface area (Å²) in [7, 11) is 1.60. The number of thiophene rings is 1. The summed E-state index contributed by atoms with van der Waals surface area (Å²) in [6.45, 7) is 1.97. The molecular formula is C27H22N2O4S2. The zero-order chi connectivity index (χ0) is 24.4. The molecule has 0 amide bonds.